The fourth-order valence-electron chi connectivity index (χ4n) is 3.90. The second-order valence-electron chi connectivity index (χ2n) is 8.65. The summed E-state index contributed by atoms with van der Waals surface area (Å²) in [5.41, 5.74) is 3.51. The van der Waals surface area contributed by atoms with Crippen LogP contribution in [0.25, 0.3) is 11.4 Å². The molecule has 0 saturated carbocycles. The Bertz CT molecular complexity index is 1270. The molecule has 4 rings (SSSR count). The Morgan fingerprint density at radius 3 is 2.48 bits per heavy atom. The van der Waals surface area contributed by atoms with Crippen molar-refractivity contribution in [1.82, 2.24) is 14.4 Å². The molecule has 0 bridgehead atoms. The molecule has 1 saturated heterocycles. The summed E-state index contributed by atoms with van der Waals surface area (Å²) in [6.45, 7) is 6.67. The van der Waals surface area contributed by atoms with Gasteiger partial charge in [0.05, 0.1) is 11.4 Å². The first kappa shape index (κ1) is 23.1. The number of rotatable bonds is 7. The van der Waals surface area contributed by atoms with Crippen molar-refractivity contribution in [2.24, 2.45) is 0 Å². The number of amides is 1. The smallest absolute Gasteiger partial charge is 0.243 e. The molecule has 9 heteroatoms. The molecule has 0 spiro atoms. The van der Waals surface area contributed by atoms with Crippen LogP contribution in [0.3, 0.4) is 0 Å². The van der Waals surface area contributed by atoms with Gasteiger partial charge in [0.2, 0.25) is 27.6 Å². The summed E-state index contributed by atoms with van der Waals surface area (Å²) in [6.07, 6.45) is 1.34. The number of benzene rings is 2. The predicted octanol–water partition coefficient (Wildman–Crippen LogP) is 4.12. The maximum Gasteiger partial charge on any atom is 0.243 e. The molecule has 1 aromatic heterocycles. The standard InChI is InChI=1S/C24H28N4O4S/c1-16(2)18-7-9-19(10-8-18)24-25-22(32-26-24)15-27(4)33(30,31)20-11-12-21(17(3)14-20)28-13-5-6-23(28)29/h7-12,14,16H,5-6,13,15H2,1-4H3. The van der Waals surface area contributed by atoms with Gasteiger partial charge in [-0.05, 0) is 48.6 Å². The Balaban J connectivity index is 1.49. The molecule has 1 aliphatic heterocycles. The fraction of sp³-hybridized carbons (Fsp3) is 0.375. The van der Waals surface area contributed by atoms with Crippen molar-refractivity contribution in [3.63, 3.8) is 0 Å². The number of hydrogen-bond donors (Lipinski definition) is 0. The number of aromatic nitrogens is 2. The summed E-state index contributed by atoms with van der Waals surface area (Å²) in [4.78, 5) is 18.3. The number of hydrogen-bond acceptors (Lipinski definition) is 6. The summed E-state index contributed by atoms with van der Waals surface area (Å²) in [6, 6.07) is 12.7. The maximum absolute atomic E-state index is 13.1. The maximum atomic E-state index is 13.1. The number of nitrogens with zero attached hydrogens (tertiary/aromatic N) is 4. The van der Waals surface area contributed by atoms with Gasteiger partial charge in [0.25, 0.3) is 0 Å². The number of carbonyl (C=O) groups excluding carboxylic acids is 1. The van der Waals surface area contributed by atoms with E-state index in [1.165, 1.54) is 23.0 Å². The van der Waals surface area contributed by atoms with Crippen LogP contribution in [-0.4, -0.2) is 42.4 Å². The SMILES string of the molecule is Cc1cc(S(=O)(=O)N(C)Cc2nc(-c3ccc(C(C)C)cc3)no2)ccc1N1CCCC1=O. The summed E-state index contributed by atoms with van der Waals surface area (Å²) in [7, 11) is -2.31. The van der Waals surface area contributed by atoms with Gasteiger partial charge < -0.3 is 9.42 Å². The van der Waals surface area contributed by atoms with Gasteiger partial charge in [0.15, 0.2) is 0 Å². The highest BCUT2D eigenvalue weighted by atomic mass is 32.2. The lowest BCUT2D eigenvalue weighted by Gasteiger charge is -2.20. The zero-order valence-corrected chi connectivity index (χ0v) is 20.1. The van der Waals surface area contributed by atoms with Crippen LogP contribution in [-0.2, 0) is 21.4 Å². The van der Waals surface area contributed by atoms with Gasteiger partial charge in [-0.1, -0.05) is 43.3 Å². The Labute approximate surface area is 194 Å². The molecular weight excluding hydrogens is 440 g/mol. The van der Waals surface area contributed by atoms with Crippen LogP contribution in [0.15, 0.2) is 51.9 Å². The normalized spacial score (nSPS) is 14.6. The quantitative estimate of drug-likeness (QED) is 0.518. The lowest BCUT2D eigenvalue weighted by Crippen LogP contribution is -2.27. The van der Waals surface area contributed by atoms with Crippen LogP contribution in [0.1, 0.15) is 49.6 Å². The Kier molecular flexibility index (Phi) is 6.36. The van der Waals surface area contributed by atoms with Gasteiger partial charge in [-0.15, -0.1) is 0 Å². The van der Waals surface area contributed by atoms with Crippen LogP contribution < -0.4 is 4.90 Å². The summed E-state index contributed by atoms with van der Waals surface area (Å²) in [5.74, 6) is 1.12. The van der Waals surface area contributed by atoms with E-state index in [0.29, 0.717) is 24.7 Å². The van der Waals surface area contributed by atoms with Crippen molar-refractivity contribution >= 4 is 21.6 Å². The zero-order valence-electron chi connectivity index (χ0n) is 19.3. The third-order valence-corrected chi connectivity index (χ3v) is 7.70. The highest BCUT2D eigenvalue weighted by Crippen LogP contribution is 2.28. The van der Waals surface area contributed by atoms with E-state index >= 15 is 0 Å². The largest absolute Gasteiger partial charge is 0.338 e. The van der Waals surface area contributed by atoms with E-state index in [9.17, 15) is 13.2 Å². The van der Waals surface area contributed by atoms with Gasteiger partial charge in [-0.25, -0.2) is 8.42 Å². The molecule has 2 aromatic carbocycles. The third kappa shape index (κ3) is 4.69. The second kappa shape index (κ2) is 9.07. The molecule has 1 amide bonds. The zero-order chi connectivity index (χ0) is 23.8. The molecule has 0 N–H and O–H groups in total. The number of anilines is 1. The van der Waals surface area contributed by atoms with Crippen molar-refractivity contribution in [3.05, 3.63) is 59.5 Å². The summed E-state index contributed by atoms with van der Waals surface area (Å²) < 4.78 is 32.7. The van der Waals surface area contributed by atoms with E-state index in [1.54, 1.807) is 17.0 Å². The van der Waals surface area contributed by atoms with Crippen LogP contribution in [0.2, 0.25) is 0 Å². The molecule has 1 aliphatic rings. The van der Waals surface area contributed by atoms with E-state index < -0.39 is 10.0 Å². The molecule has 0 unspecified atom stereocenters. The van der Waals surface area contributed by atoms with Gasteiger partial charge in [0.1, 0.15) is 0 Å². The van der Waals surface area contributed by atoms with E-state index in [2.05, 4.69) is 24.0 Å². The Morgan fingerprint density at radius 1 is 1.15 bits per heavy atom. The lowest BCUT2D eigenvalue weighted by molar-refractivity contribution is -0.117. The van der Waals surface area contributed by atoms with Gasteiger partial charge in [-0.2, -0.15) is 9.29 Å². The van der Waals surface area contributed by atoms with Gasteiger partial charge in [0, 0.05) is 31.3 Å². The number of sulfonamides is 1. The van der Waals surface area contributed by atoms with E-state index in [-0.39, 0.29) is 23.2 Å². The molecule has 8 nitrogen and oxygen atoms in total. The van der Waals surface area contributed by atoms with Crippen LogP contribution in [0.5, 0.6) is 0 Å². The minimum atomic E-state index is -3.78. The Hall–Kier alpha value is -3.04. The first-order valence-corrected chi connectivity index (χ1v) is 12.4. The van der Waals surface area contributed by atoms with Crippen molar-refractivity contribution in [2.45, 2.75) is 51.0 Å². The monoisotopic (exact) mass is 468 g/mol. The second-order valence-corrected chi connectivity index (χ2v) is 10.7. The Morgan fingerprint density at radius 2 is 1.88 bits per heavy atom. The van der Waals surface area contributed by atoms with Crippen molar-refractivity contribution < 1.29 is 17.7 Å². The molecule has 0 radical (unpaired) electrons. The lowest BCUT2D eigenvalue weighted by atomic mass is 10.0. The first-order chi connectivity index (χ1) is 15.7. The first-order valence-electron chi connectivity index (χ1n) is 11.0. The molecule has 1 fully saturated rings. The van der Waals surface area contributed by atoms with Crippen LogP contribution >= 0.6 is 0 Å². The van der Waals surface area contributed by atoms with E-state index in [4.69, 9.17) is 4.52 Å². The summed E-state index contributed by atoms with van der Waals surface area (Å²) >= 11 is 0. The minimum Gasteiger partial charge on any atom is -0.338 e. The molecule has 33 heavy (non-hydrogen) atoms. The number of aryl methyl sites for hydroxylation is 1. The molecule has 0 aliphatic carbocycles. The predicted molar refractivity (Wildman–Crippen MR) is 125 cm³/mol. The van der Waals surface area contributed by atoms with E-state index in [1.807, 2.05) is 31.2 Å². The minimum absolute atomic E-state index is 0.0508. The van der Waals surface area contributed by atoms with Crippen LogP contribution in [0.4, 0.5) is 5.69 Å². The fourth-order valence-corrected chi connectivity index (χ4v) is 5.11. The average Bonchev–Trinajstić information content (AvgIpc) is 3.42. The summed E-state index contributed by atoms with van der Waals surface area (Å²) in [5, 5.41) is 4.00. The molecule has 3 aromatic rings. The topological polar surface area (TPSA) is 96.6 Å². The van der Waals surface area contributed by atoms with E-state index in [0.717, 1.165) is 23.2 Å². The molecule has 0 atom stereocenters. The van der Waals surface area contributed by atoms with Crippen LogP contribution in [0, 0.1) is 6.92 Å². The molecular formula is C24H28N4O4S. The van der Waals surface area contributed by atoms with Crippen molar-refractivity contribution in [1.29, 1.82) is 0 Å². The highest BCUT2D eigenvalue weighted by Gasteiger charge is 2.27. The highest BCUT2D eigenvalue weighted by molar-refractivity contribution is 7.89. The molecule has 2 heterocycles. The molecule has 174 valence electrons. The van der Waals surface area contributed by atoms with Crippen molar-refractivity contribution in [3.8, 4) is 11.4 Å². The van der Waals surface area contributed by atoms with Gasteiger partial charge in [-0.3, -0.25) is 4.79 Å². The number of carbonyl (C=O) groups is 1. The van der Waals surface area contributed by atoms with Gasteiger partial charge >= 0.3 is 0 Å². The van der Waals surface area contributed by atoms with Crippen molar-refractivity contribution in [2.75, 3.05) is 18.5 Å². The average molecular weight is 469 g/mol. The third-order valence-electron chi connectivity index (χ3n) is 5.90.